The van der Waals surface area contributed by atoms with Crippen molar-refractivity contribution in [3.8, 4) is 0 Å². The number of piperidine rings is 1. The van der Waals surface area contributed by atoms with Gasteiger partial charge in [0.1, 0.15) is 0 Å². The van der Waals surface area contributed by atoms with Crippen molar-refractivity contribution in [2.45, 2.75) is 57.7 Å². The van der Waals surface area contributed by atoms with Gasteiger partial charge in [-0.15, -0.1) is 0 Å². The van der Waals surface area contributed by atoms with Gasteiger partial charge in [0.15, 0.2) is 0 Å². The van der Waals surface area contributed by atoms with Crippen LogP contribution in [-0.2, 0) is 0 Å². The van der Waals surface area contributed by atoms with Crippen molar-refractivity contribution in [2.75, 3.05) is 13.2 Å². The van der Waals surface area contributed by atoms with E-state index in [2.05, 4.69) is 18.7 Å². The summed E-state index contributed by atoms with van der Waals surface area (Å²) >= 11 is 0. The van der Waals surface area contributed by atoms with Crippen molar-refractivity contribution in [1.82, 2.24) is 4.90 Å². The van der Waals surface area contributed by atoms with Gasteiger partial charge in [0, 0.05) is 24.7 Å². The highest BCUT2D eigenvalue weighted by Gasteiger charge is 2.42. The maximum absolute atomic E-state index is 9.58. The Bertz CT molecular complexity index is 232. The molecule has 0 aromatic rings. The number of aliphatic hydroxyl groups is 1. The molecular weight excluding hydrogens is 200 g/mol. The van der Waals surface area contributed by atoms with E-state index in [0.717, 1.165) is 12.3 Å². The Morgan fingerprint density at radius 1 is 1.38 bits per heavy atom. The summed E-state index contributed by atoms with van der Waals surface area (Å²) in [6.07, 6.45) is 5.05. The van der Waals surface area contributed by atoms with Crippen molar-refractivity contribution in [1.29, 1.82) is 0 Å². The standard InChI is InChI=1S/C13H26N2O/c1-9(2)5-12(14)13(8-16)15-7-10-3-4-11(15)6-10/h9-13,16H,3-8,14H2,1-2H3. The SMILES string of the molecule is CC(C)CC(N)C(CO)N1CC2CCC1C2. The monoisotopic (exact) mass is 226 g/mol. The highest BCUT2D eigenvalue weighted by atomic mass is 16.3. The van der Waals surface area contributed by atoms with Gasteiger partial charge in [-0.1, -0.05) is 13.8 Å². The van der Waals surface area contributed by atoms with Crippen molar-refractivity contribution in [3.63, 3.8) is 0 Å². The first-order valence-corrected chi connectivity index (χ1v) is 6.74. The smallest absolute Gasteiger partial charge is 0.0602 e. The van der Waals surface area contributed by atoms with Crippen LogP contribution in [0.4, 0.5) is 0 Å². The number of nitrogens with zero attached hydrogens (tertiary/aromatic N) is 1. The van der Waals surface area contributed by atoms with Crippen LogP contribution in [0.15, 0.2) is 0 Å². The summed E-state index contributed by atoms with van der Waals surface area (Å²) in [5.74, 6) is 1.49. The third-order valence-corrected chi connectivity index (χ3v) is 4.30. The molecule has 2 fully saturated rings. The fraction of sp³-hybridized carbons (Fsp3) is 1.00. The Hall–Kier alpha value is -0.120. The number of likely N-dealkylation sites (tertiary alicyclic amines) is 1. The van der Waals surface area contributed by atoms with Crippen LogP contribution < -0.4 is 5.73 Å². The highest BCUT2D eigenvalue weighted by molar-refractivity contribution is 4.97. The molecule has 0 aromatic heterocycles. The van der Waals surface area contributed by atoms with E-state index in [0.29, 0.717) is 12.0 Å². The number of rotatable bonds is 5. The maximum atomic E-state index is 9.58. The van der Waals surface area contributed by atoms with E-state index in [-0.39, 0.29) is 18.7 Å². The minimum Gasteiger partial charge on any atom is -0.395 e. The van der Waals surface area contributed by atoms with E-state index < -0.39 is 0 Å². The van der Waals surface area contributed by atoms with Crippen LogP contribution in [0.5, 0.6) is 0 Å². The largest absolute Gasteiger partial charge is 0.395 e. The van der Waals surface area contributed by atoms with Crippen molar-refractivity contribution in [2.24, 2.45) is 17.6 Å². The Morgan fingerprint density at radius 2 is 2.12 bits per heavy atom. The van der Waals surface area contributed by atoms with Crippen LogP contribution in [0, 0.1) is 11.8 Å². The Balaban J connectivity index is 1.94. The second kappa shape index (κ2) is 5.03. The summed E-state index contributed by atoms with van der Waals surface area (Å²) in [7, 11) is 0. The first-order valence-electron chi connectivity index (χ1n) is 6.74. The topological polar surface area (TPSA) is 49.5 Å². The molecule has 2 rings (SSSR count). The zero-order chi connectivity index (χ0) is 11.7. The van der Waals surface area contributed by atoms with Crippen molar-refractivity contribution >= 4 is 0 Å². The molecule has 2 aliphatic rings. The number of fused-ring (bicyclic) bond motifs is 2. The lowest BCUT2D eigenvalue weighted by Gasteiger charge is -2.37. The normalized spacial score (nSPS) is 33.6. The molecule has 1 saturated carbocycles. The van der Waals surface area contributed by atoms with Crippen LogP contribution in [0.3, 0.4) is 0 Å². The van der Waals surface area contributed by atoms with E-state index in [1.165, 1.54) is 25.8 Å². The number of hydrogen-bond acceptors (Lipinski definition) is 3. The summed E-state index contributed by atoms with van der Waals surface area (Å²) in [6.45, 7) is 5.79. The molecule has 0 radical (unpaired) electrons. The van der Waals surface area contributed by atoms with E-state index in [1.54, 1.807) is 0 Å². The van der Waals surface area contributed by atoms with Crippen molar-refractivity contribution in [3.05, 3.63) is 0 Å². The molecule has 1 saturated heterocycles. The molecule has 3 nitrogen and oxygen atoms in total. The van der Waals surface area contributed by atoms with E-state index in [9.17, 15) is 5.11 Å². The third-order valence-electron chi connectivity index (χ3n) is 4.30. The zero-order valence-electron chi connectivity index (χ0n) is 10.6. The molecule has 16 heavy (non-hydrogen) atoms. The second-order valence-corrected chi connectivity index (χ2v) is 6.07. The van der Waals surface area contributed by atoms with Crippen LogP contribution in [0.2, 0.25) is 0 Å². The van der Waals surface area contributed by atoms with Gasteiger partial charge in [-0.3, -0.25) is 4.90 Å². The Kier molecular flexibility index (Phi) is 3.88. The van der Waals surface area contributed by atoms with Gasteiger partial charge in [0.05, 0.1) is 6.61 Å². The Morgan fingerprint density at radius 3 is 2.56 bits per heavy atom. The highest BCUT2D eigenvalue weighted by Crippen LogP contribution is 2.39. The predicted octanol–water partition coefficient (Wildman–Crippen LogP) is 1.21. The van der Waals surface area contributed by atoms with Gasteiger partial charge in [-0.2, -0.15) is 0 Å². The minimum absolute atomic E-state index is 0.129. The quantitative estimate of drug-likeness (QED) is 0.741. The summed E-state index contributed by atoms with van der Waals surface area (Å²) < 4.78 is 0. The fourth-order valence-corrected chi connectivity index (χ4v) is 3.56. The van der Waals surface area contributed by atoms with Gasteiger partial charge in [-0.05, 0) is 37.5 Å². The van der Waals surface area contributed by atoms with Crippen molar-refractivity contribution < 1.29 is 5.11 Å². The van der Waals surface area contributed by atoms with Gasteiger partial charge in [0.2, 0.25) is 0 Å². The first kappa shape index (κ1) is 12.3. The van der Waals surface area contributed by atoms with Gasteiger partial charge in [0.25, 0.3) is 0 Å². The fourth-order valence-electron chi connectivity index (χ4n) is 3.56. The van der Waals surface area contributed by atoms with Crippen LogP contribution in [0.1, 0.15) is 39.5 Å². The lowest BCUT2D eigenvalue weighted by atomic mass is 9.96. The summed E-state index contributed by atoms with van der Waals surface area (Å²) in [6, 6.07) is 1.03. The molecule has 4 unspecified atom stereocenters. The number of nitrogens with two attached hydrogens (primary N) is 1. The van der Waals surface area contributed by atoms with Gasteiger partial charge >= 0.3 is 0 Å². The molecule has 0 amide bonds. The molecule has 94 valence electrons. The summed E-state index contributed by atoms with van der Waals surface area (Å²) in [5, 5.41) is 9.58. The van der Waals surface area contributed by atoms with E-state index in [4.69, 9.17) is 5.73 Å². The van der Waals surface area contributed by atoms with E-state index in [1.807, 2.05) is 0 Å². The molecule has 3 heteroatoms. The Labute approximate surface area is 99.0 Å². The average molecular weight is 226 g/mol. The molecule has 4 atom stereocenters. The lowest BCUT2D eigenvalue weighted by Crippen LogP contribution is -2.53. The molecule has 1 aliphatic carbocycles. The molecule has 0 spiro atoms. The number of hydrogen-bond donors (Lipinski definition) is 2. The molecule has 0 aromatic carbocycles. The van der Waals surface area contributed by atoms with Crippen LogP contribution >= 0.6 is 0 Å². The molecular formula is C13H26N2O. The third kappa shape index (κ3) is 2.41. The molecule has 1 heterocycles. The maximum Gasteiger partial charge on any atom is 0.0602 e. The zero-order valence-corrected chi connectivity index (χ0v) is 10.6. The molecule has 2 bridgehead atoms. The molecule has 1 aliphatic heterocycles. The summed E-state index contributed by atoms with van der Waals surface area (Å²) in [5.41, 5.74) is 6.24. The minimum atomic E-state index is 0.129. The van der Waals surface area contributed by atoms with Gasteiger partial charge < -0.3 is 10.8 Å². The number of aliphatic hydroxyl groups excluding tert-OH is 1. The first-order chi connectivity index (χ1) is 7.61. The van der Waals surface area contributed by atoms with Gasteiger partial charge in [-0.25, -0.2) is 0 Å². The van der Waals surface area contributed by atoms with E-state index >= 15 is 0 Å². The predicted molar refractivity (Wildman–Crippen MR) is 66.1 cm³/mol. The van der Waals surface area contributed by atoms with Crippen LogP contribution in [-0.4, -0.2) is 41.3 Å². The van der Waals surface area contributed by atoms with Crippen LogP contribution in [0.25, 0.3) is 0 Å². The summed E-state index contributed by atoms with van der Waals surface area (Å²) in [4.78, 5) is 2.49. The lowest BCUT2D eigenvalue weighted by molar-refractivity contribution is 0.0727. The second-order valence-electron chi connectivity index (χ2n) is 6.07. The molecule has 3 N–H and O–H groups in total. The average Bonchev–Trinajstić information content (AvgIpc) is 2.79.